The summed E-state index contributed by atoms with van der Waals surface area (Å²) >= 11 is 0. The Labute approximate surface area is 94.5 Å². The molecule has 0 N–H and O–H groups in total. The highest BCUT2D eigenvalue weighted by Gasteiger charge is 2.40. The summed E-state index contributed by atoms with van der Waals surface area (Å²) in [6.07, 6.45) is 0. The summed E-state index contributed by atoms with van der Waals surface area (Å²) in [6.45, 7) is 3.52. The van der Waals surface area contributed by atoms with Crippen molar-refractivity contribution in [1.29, 1.82) is 0 Å². The lowest BCUT2D eigenvalue weighted by Crippen LogP contribution is -2.30. The Morgan fingerprint density at radius 3 is 2.44 bits per heavy atom. The molecule has 0 spiro atoms. The van der Waals surface area contributed by atoms with Crippen LogP contribution in [0.4, 0.5) is 0 Å². The molecule has 0 radical (unpaired) electrons. The molecule has 1 aliphatic heterocycles. The van der Waals surface area contributed by atoms with Crippen LogP contribution in [0.25, 0.3) is 0 Å². The lowest BCUT2D eigenvalue weighted by molar-refractivity contribution is -0.539. The van der Waals surface area contributed by atoms with E-state index in [2.05, 4.69) is 4.99 Å². The van der Waals surface area contributed by atoms with Gasteiger partial charge in [0.05, 0.1) is 7.11 Å². The van der Waals surface area contributed by atoms with Crippen molar-refractivity contribution in [2.24, 2.45) is 4.99 Å². The van der Waals surface area contributed by atoms with Gasteiger partial charge in [-0.15, -0.1) is 4.74 Å². The average Bonchev–Trinajstić information content (AvgIpc) is 2.52. The average molecular weight is 218 g/mol. The maximum absolute atomic E-state index is 11.9. The number of rotatable bonds is 1. The van der Waals surface area contributed by atoms with Crippen LogP contribution >= 0.6 is 0 Å². The van der Waals surface area contributed by atoms with Crippen LogP contribution in [0.3, 0.4) is 0 Å². The standard InChI is InChI=1S/C12H14N2O2/c1-12(2)13-10(11(16-3)14(12)15)9-7-5-4-6-8-9/h4-8H,1-3H3. The molecule has 4 nitrogen and oxygen atoms in total. The highest BCUT2D eigenvalue weighted by molar-refractivity contribution is 6.44. The van der Waals surface area contributed by atoms with Crippen LogP contribution < -0.4 is 0 Å². The second-order valence-electron chi connectivity index (χ2n) is 4.12. The maximum atomic E-state index is 11.9. The highest BCUT2D eigenvalue weighted by Crippen LogP contribution is 2.21. The number of methoxy groups -OCH3 is 1. The van der Waals surface area contributed by atoms with Gasteiger partial charge in [0, 0.05) is 19.4 Å². The Hall–Kier alpha value is -1.84. The first kappa shape index (κ1) is 10.7. The van der Waals surface area contributed by atoms with Crippen molar-refractivity contribution in [3.63, 3.8) is 0 Å². The van der Waals surface area contributed by atoms with Gasteiger partial charge in [0.25, 0.3) is 5.66 Å². The molecule has 0 unspecified atom stereocenters. The Balaban J connectivity index is 2.52. The van der Waals surface area contributed by atoms with Crippen LogP contribution in [0.2, 0.25) is 0 Å². The van der Waals surface area contributed by atoms with E-state index in [1.54, 1.807) is 13.8 Å². The van der Waals surface area contributed by atoms with Crippen molar-refractivity contribution in [2.45, 2.75) is 19.5 Å². The van der Waals surface area contributed by atoms with Crippen LogP contribution in [0, 0.1) is 5.21 Å². The van der Waals surface area contributed by atoms with Crippen LogP contribution in [0.1, 0.15) is 19.4 Å². The lowest BCUT2D eigenvalue weighted by atomic mass is 10.1. The molecule has 0 aromatic heterocycles. The van der Waals surface area contributed by atoms with Crippen LogP contribution in [0.5, 0.6) is 0 Å². The molecule has 0 amide bonds. The van der Waals surface area contributed by atoms with E-state index < -0.39 is 5.66 Å². The van der Waals surface area contributed by atoms with E-state index in [1.165, 1.54) is 7.11 Å². The molecule has 1 aromatic carbocycles. The molecule has 1 aliphatic rings. The molecule has 0 saturated heterocycles. The molecule has 1 aromatic rings. The molecule has 0 bridgehead atoms. The molecule has 84 valence electrons. The van der Waals surface area contributed by atoms with E-state index >= 15 is 0 Å². The molecule has 0 fully saturated rings. The first-order valence-electron chi connectivity index (χ1n) is 5.10. The zero-order valence-corrected chi connectivity index (χ0v) is 9.60. The predicted octanol–water partition coefficient (Wildman–Crippen LogP) is 1.78. The first-order chi connectivity index (χ1) is 7.56. The SMILES string of the molecule is COC1=[N+]([O-])C(C)(C)N=C1c1ccccc1. The van der Waals surface area contributed by atoms with Gasteiger partial charge in [-0.25, -0.2) is 4.99 Å². The number of ether oxygens (including phenoxy) is 1. The van der Waals surface area contributed by atoms with Gasteiger partial charge in [-0.2, -0.15) is 0 Å². The number of benzene rings is 1. The fraction of sp³-hybridized carbons (Fsp3) is 0.333. The van der Waals surface area contributed by atoms with Gasteiger partial charge >= 0.3 is 5.90 Å². The molecule has 0 saturated carbocycles. The van der Waals surface area contributed by atoms with E-state index in [1.807, 2.05) is 30.3 Å². The number of hydrogen-bond acceptors (Lipinski definition) is 3. The molecule has 0 atom stereocenters. The minimum absolute atomic E-state index is 0.274. The van der Waals surface area contributed by atoms with Gasteiger partial charge in [-0.1, -0.05) is 30.3 Å². The summed E-state index contributed by atoms with van der Waals surface area (Å²) in [4.78, 5) is 4.39. The summed E-state index contributed by atoms with van der Waals surface area (Å²) in [5.74, 6) is 0.274. The molecular weight excluding hydrogens is 204 g/mol. The predicted molar refractivity (Wildman–Crippen MR) is 62.7 cm³/mol. The molecule has 4 heteroatoms. The summed E-state index contributed by atoms with van der Waals surface area (Å²) in [5.41, 5.74) is 0.713. The topological polar surface area (TPSA) is 47.7 Å². The first-order valence-corrected chi connectivity index (χ1v) is 5.10. The third-order valence-electron chi connectivity index (χ3n) is 2.51. The Morgan fingerprint density at radius 1 is 1.25 bits per heavy atom. The third-order valence-corrected chi connectivity index (χ3v) is 2.51. The van der Waals surface area contributed by atoms with Crippen LogP contribution in [-0.2, 0) is 4.74 Å². The van der Waals surface area contributed by atoms with Crippen molar-refractivity contribution < 1.29 is 9.48 Å². The van der Waals surface area contributed by atoms with Gasteiger partial charge in [0.2, 0.25) is 0 Å². The monoisotopic (exact) mass is 218 g/mol. The quantitative estimate of drug-likeness (QED) is 0.533. The summed E-state index contributed by atoms with van der Waals surface area (Å²) < 4.78 is 5.93. The van der Waals surface area contributed by atoms with Gasteiger partial charge in [-0.05, 0) is 0 Å². The van der Waals surface area contributed by atoms with E-state index in [9.17, 15) is 5.21 Å². The minimum atomic E-state index is -0.795. The van der Waals surface area contributed by atoms with E-state index in [0.717, 1.165) is 10.3 Å². The van der Waals surface area contributed by atoms with Crippen molar-refractivity contribution in [1.82, 2.24) is 0 Å². The molecule has 16 heavy (non-hydrogen) atoms. The maximum Gasteiger partial charge on any atom is 0.402 e. The normalized spacial score (nSPS) is 18.6. The smallest absolute Gasteiger partial charge is 0.402 e. The molecule has 1 heterocycles. The second kappa shape index (κ2) is 3.63. The van der Waals surface area contributed by atoms with Crippen molar-refractivity contribution in [2.75, 3.05) is 7.11 Å². The number of hydroxylamine groups is 1. The zero-order chi connectivity index (χ0) is 11.8. The van der Waals surface area contributed by atoms with Crippen LogP contribution in [-0.4, -0.2) is 29.1 Å². The van der Waals surface area contributed by atoms with Gasteiger partial charge in [-0.3, -0.25) is 0 Å². The number of hydrogen-bond donors (Lipinski definition) is 0. The lowest BCUT2D eigenvalue weighted by Gasteiger charge is -2.14. The Kier molecular flexibility index (Phi) is 2.42. The highest BCUT2D eigenvalue weighted by atomic mass is 16.5. The summed E-state index contributed by atoms with van der Waals surface area (Å²) in [6, 6.07) is 9.56. The number of nitrogens with zero attached hydrogens (tertiary/aromatic N) is 2. The zero-order valence-electron chi connectivity index (χ0n) is 9.60. The van der Waals surface area contributed by atoms with E-state index in [4.69, 9.17) is 4.74 Å². The fourth-order valence-electron chi connectivity index (χ4n) is 1.68. The summed E-state index contributed by atoms with van der Waals surface area (Å²) in [5, 5.41) is 11.9. The molecular formula is C12H14N2O2. The molecule has 2 rings (SSSR count). The van der Waals surface area contributed by atoms with E-state index in [0.29, 0.717) is 5.71 Å². The largest absolute Gasteiger partial charge is 0.619 e. The Morgan fingerprint density at radius 2 is 1.88 bits per heavy atom. The third kappa shape index (κ3) is 1.56. The van der Waals surface area contributed by atoms with Gasteiger partial charge in [0.15, 0.2) is 5.71 Å². The fourth-order valence-corrected chi connectivity index (χ4v) is 1.68. The van der Waals surface area contributed by atoms with Crippen molar-refractivity contribution >= 4 is 11.6 Å². The van der Waals surface area contributed by atoms with Crippen molar-refractivity contribution in [3.8, 4) is 0 Å². The minimum Gasteiger partial charge on any atom is -0.619 e. The second-order valence-corrected chi connectivity index (χ2v) is 4.12. The molecule has 0 aliphatic carbocycles. The number of aliphatic imine (C=N–C) groups is 1. The van der Waals surface area contributed by atoms with Gasteiger partial charge < -0.3 is 9.94 Å². The Bertz CT molecular complexity index is 461. The van der Waals surface area contributed by atoms with Crippen LogP contribution in [0.15, 0.2) is 35.3 Å². The van der Waals surface area contributed by atoms with Gasteiger partial charge in [0.1, 0.15) is 0 Å². The van der Waals surface area contributed by atoms with E-state index in [-0.39, 0.29) is 5.90 Å². The van der Waals surface area contributed by atoms with Crippen molar-refractivity contribution in [3.05, 3.63) is 41.1 Å². The summed E-state index contributed by atoms with van der Waals surface area (Å²) in [7, 11) is 1.49.